The van der Waals surface area contributed by atoms with E-state index < -0.39 is 0 Å². The summed E-state index contributed by atoms with van der Waals surface area (Å²) in [7, 11) is 0. The Hall–Kier alpha value is -6.56. The number of ether oxygens (including phenoxy) is 1. The van der Waals surface area contributed by atoms with Crippen LogP contribution < -0.4 is 0 Å². The van der Waals surface area contributed by atoms with Gasteiger partial charge in [0.1, 0.15) is 52.3 Å². The molecule has 65 heavy (non-hydrogen) atoms. The molecule has 8 saturated carbocycles. The van der Waals surface area contributed by atoms with Crippen LogP contribution in [-0.2, 0) is 15.6 Å². The van der Waals surface area contributed by atoms with Crippen LogP contribution in [0.1, 0.15) is 99.3 Å². The van der Waals surface area contributed by atoms with Crippen molar-refractivity contribution in [1.29, 1.82) is 10.5 Å². The minimum absolute atomic E-state index is 0.0275. The fourth-order valence-corrected chi connectivity index (χ4v) is 14.9. The van der Waals surface area contributed by atoms with Crippen LogP contribution in [0.15, 0.2) is 153 Å². The van der Waals surface area contributed by atoms with Gasteiger partial charge in [0.15, 0.2) is 0 Å². The second-order valence-corrected chi connectivity index (χ2v) is 21.2. The Balaban J connectivity index is 0.702. The Labute approximate surface area is 381 Å². The molecule has 0 radical (unpaired) electrons. The number of hydrogen-bond donors (Lipinski definition) is 0. The van der Waals surface area contributed by atoms with Gasteiger partial charge < -0.3 is 13.6 Å². The van der Waals surface area contributed by atoms with Crippen LogP contribution in [0.3, 0.4) is 0 Å². The molecule has 320 valence electrons. The van der Waals surface area contributed by atoms with Gasteiger partial charge in [-0.1, -0.05) is 97.1 Å². The molecular weight excluding hydrogens is 797 g/mol. The minimum atomic E-state index is 0.0275. The van der Waals surface area contributed by atoms with E-state index in [2.05, 4.69) is 72.8 Å². The SMILES string of the molecule is N#CC(C#N)=C1C=C(c2ccc(-c3ccc(-c4ccc(C56CC7CC(CC(C7)C5)C6)cc4)o3)cc2)OC(c2ccc(-c3ccc(-c4ccc(C56CC7CC(CC(C7)C5)C6)cc4)o3)cc2)=C1. The van der Waals surface area contributed by atoms with Crippen molar-refractivity contribution in [2.45, 2.75) is 87.9 Å². The van der Waals surface area contributed by atoms with E-state index >= 15 is 0 Å². The largest absolute Gasteiger partial charge is 0.456 e. The molecule has 8 aliphatic carbocycles. The summed E-state index contributed by atoms with van der Waals surface area (Å²) in [4.78, 5) is 0. The molecule has 15 rings (SSSR count). The molecule has 9 aliphatic rings. The Morgan fingerprint density at radius 3 is 0.954 bits per heavy atom. The summed E-state index contributed by atoms with van der Waals surface area (Å²) in [6, 6.07) is 46.9. The van der Waals surface area contributed by atoms with E-state index in [1.54, 1.807) is 12.2 Å². The first kappa shape index (κ1) is 38.9. The van der Waals surface area contributed by atoms with Crippen LogP contribution in [0.25, 0.3) is 56.8 Å². The zero-order valence-electron chi connectivity index (χ0n) is 36.8. The molecule has 5 heteroatoms. The zero-order valence-corrected chi connectivity index (χ0v) is 36.8. The third-order valence-electron chi connectivity index (χ3n) is 17.1. The average Bonchev–Trinajstić information content (AvgIpc) is 4.04. The lowest BCUT2D eigenvalue weighted by atomic mass is 9.48. The van der Waals surface area contributed by atoms with Gasteiger partial charge in [-0.3, -0.25) is 0 Å². The summed E-state index contributed by atoms with van der Waals surface area (Å²) in [5.41, 5.74) is 10.1. The normalized spacial score (nSPS) is 29.2. The number of hydrogen-bond acceptors (Lipinski definition) is 5. The Bertz CT molecular complexity index is 2740. The van der Waals surface area contributed by atoms with Gasteiger partial charge in [0.05, 0.1) is 0 Å². The molecule has 0 spiro atoms. The van der Waals surface area contributed by atoms with Crippen LogP contribution >= 0.6 is 0 Å². The van der Waals surface area contributed by atoms with Gasteiger partial charge in [-0.05, 0) is 171 Å². The summed E-state index contributed by atoms with van der Waals surface area (Å²) < 4.78 is 19.4. The van der Waals surface area contributed by atoms with Crippen LogP contribution in [0.5, 0.6) is 0 Å². The Morgan fingerprint density at radius 1 is 0.385 bits per heavy atom. The zero-order chi connectivity index (χ0) is 43.3. The van der Waals surface area contributed by atoms with Gasteiger partial charge in [-0.15, -0.1) is 0 Å². The summed E-state index contributed by atoms with van der Waals surface area (Å²) in [6.07, 6.45) is 20.5. The second kappa shape index (κ2) is 15.0. The highest BCUT2D eigenvalue weighted by Crippen LogP contribution is 2.62. The molecule has 0 amide bonds. The predicted octanol–water partition coefficient (Wildman–Crippen LogP) is 15.2. The van der Waals surface area contributed by atoms with E-state index in [0.29, 0.717) is 27.9 Å². The lowest BCUT2D eigenvalue weighted by Gasteiger charge is -2.57. The second-order valence-electron chi connectivity index (χ2n) is 21.2. The first-order chi connectivity index (χ1) is 31.9. The van der Waals surface area contributed by atoms with Gasteiger partial charge in [-0.2, -0.15) is 10.5 Å². The molecule has 0 N–H and O–H groups in total. The van der Waals surface area contributed by atoms with E-state index in [9.17, 15) is 10.5 Å². The molecule has 4 aromatic carbocycles. The van der Waals surface area contributed by atoms with Gasteiger partial charge in [-0.25, -0.2) is 0 Å². The van der Waals surface area contributed by atoms with Crippen LogP contribution in [0.2, 0.25) is 0 Å². The van der Waals surface area contributed by atoms with Gasteiger partial charge in [0, 0.05) is 39.0 Å². The maximum Gasteiger partial charge on any atom is 0.137 e. The van der Waals surface area contributed by atoms with Crippen molar-refractivity contribution in [2.75, 3.05) is 0 Å². The summed E-state index contributed by atoms with van der Waals surface area (Å²) in [6.45, 7) is 0. The molecule has 0 atom stereocenters. The Kier molecular flexibility index (Phi) is 8.97. The van der Waals surface area contributed by atoms with Crippen molar-refractivity contribution >= 4 is 11.5 Å². The Morgan fingerprint density at radius 2 is 0.662 bits per heavy atom. The van der Waals surface area contributed by atoms with Crippen LogP contribution in [0.4, 0.5) is 0 Å². The summed E-state index contributed by atoms with van der Waals surface area (Å²) in [5.74, 6) is 9.98. The first-order valence-corrected chi connectivity index (χ1v) is 24.2. The summed E-state index contributed by atoms with van der Waals surface area (Å²) in [5, 5.41) is 19.7. The fraction of sp³-hybridized carbons (Fsp3) is 0.333. The topological polar surface area (TPSA) is 83.1 Å². The highest BCUT2D eigenvalue weighted by molar-refractivity contribution is 5.80. The quantitative estimate of drug-likeness (QED) is 0.142. The number of rotatable bonds is 8. The number of nitrogens with zero attached hydrogens (tertiary/aromatic N) is 2. The third-order valence-corrected chi connectivity index (χ3v) is 17.1. The molecule has 0 unspecified atom stereocenters. The van der Waals surface area contributed by atoms with E-state index in [1.165, 1.54) is 88.2 Å². The third kappa shape index (κ3) is 6.77. The highest BCUT2D eigenvalue weighted by atomic mass is 16.5. The monoisotopic (exact) mass is 848 g/mol. The highest BCUT2D eigenvalue weighted by Gasteiger charge is 2.52. The molecular formula is C60H52N2O3. The maximum atomic E-state index is 9.87. The number of furan rings is 2. The van der Waals surface area contributed by atoms with E-state index in [0.717, 1.165) is 91.9 Å². The lowest BCUT2D eigenvalue weighted by Crippen LogP contribution is -2.48. The molecule has 5 nitrogen and oxygen atoms in total. The first-order valence-electron chi connectivity index (χ1n) is 24.2. The molecule has 1 aliphatic heterocycles. The maximum absolute atomic E-state index is 9.87. The predicted molar refractivity (Wildman–Crippen MR) is 254 cm³/mol. The molecule has 8 fully saturated rings. The molecule has 6 aromatic rings. The van der Waals surface area contributed by atoms with Crippen LogP contribution in [-0.4, -0.2) is 0 Å². The van der Waals surface area contributed by atoms with Crippen molar-refractivity contribution in [2.24, 2.45) is 35.5 Å². The van der Waals surface area contributed by atoms with Crippen LogP contribution in [0, 0.1) is 58.2 Å². The van der Waals surface area contributed by atoms with Gasteiger partial charge >= 0.3 is 0 Å². The molecule has 0 saturated heterocycles. The van der Waals surface area contributed by atoms with E-state index in [-0.39, 0.29) is 5.57 Å². The van der Waals surface area contributed by atoms with E-state index in [4.69, 9.17) is 13.6 Å². The lowest BCUT2D eigenvalue weighted by molar-refractivity contribution is -0.00530. The number of nitriles is 2. The molecule has 2 aromatic heterocycles. The number of allylic oxidation sites excluding steroid dienone is 4. The van der Waals surface area contributed by atoms with Crippen molar-refractivity contribution < 1.29 is 13.6 Å². The van der Waals surface area contributed by atoms with Gasteiger partial charge in [0.2, 0.25) is 0 Å². The number of benzene rings is 4. The van der Waals surface area contributed by atoms with Crippen molar-refractivity contribution in [1.82, 2.24) is 0 Å². The van der Waals surface area contributed by atoms with Gasteiger partial charge in [0.25, 0.3) is 0 Å². The minimum Gasteiger partial charge on any atom is -0.456 e. The molecule has 8 bridgehead atoms. The standard InChI is InChI=1S/C60H52N2O3/c61-35-50(36-62)49-27-57(47-5-1-43(2-6-47)53-17-19-55(63-53)45-9-13-51(14-10-45)59-29-37-21-38(30-59)23-39(22-37)31-59)65-58(28-49)48-7-3-44(4-8-48)54-18-20-56(64-54)46-11-15-52(16-12-46)60-32-40-24-41(33-60)26-42(25-40)34-60/h1-20,27-28,37-42H,21-26,29-34H2. The molecule has 3 heterocycles. The smallest absolute Gasteiger partial charge is 0.137 e. The van der Waals surface area contributed by atoms with Crippen molar-refractivity contribution in [3.05, 3.63) is 167 Å². The van der Waals surface area contributed by atoms with Crippen molar-refractivity contribution in [3.63, 3.8) is 0 Å². The fourth-order valence-electron chi connectivity index (χ4n) is 14.9. The van der Waals surface area contributed by atoms with Crippen molar-refractivity contribution in [3.8, 4) is 57.4 Å². The average molecular weight is 849 g/mol. The summed E-state index contributed by atoms with van der Waals surface area (Å²) >= 11 is 0. The van der Waals surface area contributed by atoms with E-state index in [1.807, 2.05) is 60.7 Å².